The summed E-state index contributed by atoms with van der Waals surface area (Å²) in [7, 11) is 0. The fraction of sp³-hybridized carbons (Fsp3) is 0.933. The zero-order valence-electron chi connectivity index (χ0n) is 12.1. The number of rotatable bonds is 6. The van der Waals surface area contributed by atoms with Gasteiger partial charge in [-0.05, 0) is 51.6 Å². The standard InChI is InChI=1S/C15H28N2O2/c1-12(13-4-2-3-5-13)17-15(18)8-11-19-14-6-9-16-10-7-14/h12-14,16H,2-11H2,1H3,(H,17,18)/t12-/m1/s1. The minimum atomic E-state index is 0.147. The van der Waals surface area contributed by atoms with E-state index in [-0.39, 0.29) is 5.91 Å². The van der Waals surface area contributed by atoms with Crippen LogP contribution >= 0.6 is 0 Å². The largest absolute Gasteiger partial charge is 0.378 e. The van der Waals surface area contributed by atoms with Crippen molar-refractivity contribution >= 4 is 5.91 Å². The molecule has 1 atom stereocenters. The predicted octanol–water partition coefficient (Wildman–Crippen LogP) is 1.84. The number of hydrogen-bond donors (Lipinski definition) is 2. The molecule has 0 aromatic heterocycles. The van der Waals surface area contributed by atoms with E-state index >= 15 is 0 Å². The Morgan fingerprint density at radius 2 is 1.95 bits per heavy atom. The van der Waals surface area contributed by atoms with Crippen LogP contribution in [0.5, 0.6) is 0 Å². The molecule has 0 unspecified atom stereocenters. The van der Waals surface area contributed by atoms with Gasteiger partial charge in [-0.15, -0.1) is 0 Å². The Bertz CT molecular complexity index is 271. The van der Waals surface area contributed by atoms with Crippen LogP contribution in [0.25, 0.3) is 0 Å². The van der Waals surface area contributed by atoms with E-state index in [2.05, 4.69) is 17.6 Å². The molecule has 0 spiro atoms. The van der Waals surface area contributed by atoms with Gasteiger partial charge in [0, 0.05) is 12.5 Å². The third kappa shape index (κ3) is 5.11. The van der Waals surface area contributed by atoms with Crippen LogP contribution < -0.4 is 10.6 Å². The molecule has 1 aliphatic carbocycles. The summed E-state index contributed by atoms with van der Waals surface area (Å²) in [6.07, 6.45) is 8.18. The van der Waals surface area contributed by atoms with Crippen molar-refractivity contribution in [2.45, 2.75) is 64.0 Å². The Hall–Kier alpha value is -0.610. The van der Waals surface area contributed by atoms with Crippen LogP contribution in [0, 0.1) is 5.92 Å². The van der Waals surface area contributed by atoms with E-state index in [1.807, 2.05) is 0 Å². The van der Waals surface area contributed by atoms with Gasteiger partial charge in [-0.1, -0.05) is 12.8 Å². The third-order valence-corrected chi connectivity index (χ3v) is 4.46. The molecule has 0 bridgehead atoms. The summed E-state index contributed by atoms with van der Waals surface area (Å²) in [5.74, 6) is 0.836. The molecule has 2 rings (SSSR count). The SMILES string of the molecule is C[C@@H](NC(=O)CCOC1CCNCC1)C1CCCC1. The van der Waals surface area contributed by atoms with Crippen molar-refractivity contribution in [1.82, 2.24) is 10.6 Å². The van der Waals surface area contributed by atoms with Crippen LogP contribution in [0.1, 0.15) is 51.9 Å². The minimum Gasteiger partial charge on any atom is -0.378 e. The molecule has 1 aliphatic heterocycles. The molecule has 1 saturated heterocycles. The van der Waals surface area contributed by atoms with Crippen LogP contribution in [0.2, 0.25) is 0 Å². The highest BCUT2D eigenvalue weighted by Crippen LogP contribution is 2.27. The molecule has 2 fully saturated rings. The zero-order chi connectivity index (χ0) is 13.5. The van der Waals surface area contributed by atoms with E-state index in [0.717, 1.165) is 25.9 Å². The van der Waals surface area contributed by atoms with E-state index in [9.17, 15) is 4.79 Å². The highest BCUT2D eigenvalue weighted by molar-refractivity contribution is 5.76. The Balaban J connectivity index is 1.56. The van der Waals surface area contributed by atoms with Crippen molar-refractivity contribution in [3.05, 3.63) is 0 Å². The molecular formula is C15H28N2O2. The van der Waals surface area contributed by atoms with Crippen LogP contribution in [-0.4, -0.2) is 37.7 Å². The van der Waals surface area contributed by atoms with Crippen LogP contribution in [0.3, 0.4) is 0 Å². The summed E-state index contributed by atoms with van der Waals surface area (Å²) < 4.78 is 5.76. The molecule has 19 heavy (non-hydrogen) atoms. The monoisotopic (exact) mass is 268 g/mol. The maximum Gasteiger partial charge on any atom is 0.222 e. The van der Waals surface area contributed by atoms with E-state index < -0.39 is 0 Å². The topological polar surface area (TPSA) is 50.4 Å². The molecule has 4 nitrogen and oxygen atoms in total. The average Bonchev–Trinajstić information content (AvgIpc) is 2.94. The average molecular weight is 268 g/mol. The van der Waals surface area contributed by atoms with Gasteiger partial charge in [-0.2, -0.15) is 0 Å². The first-order chi connectivity index (χ1) is 9.25. The maximum atomic E-state index is 11.8. The van der Waals surface area contributed by atoms with Gasteiger partial charge < -0.3 is 15.4 Å². The first kappa shape index (κ1) is 14.8. The Morgan fingerprint density at radius 1 is 1.26 bits per heavy atom. The molecule has 0 aromatic carbocycles. The van der Waals surface area contributed by atoms with Crippen molar-refractivity contribution in [1.29, 1.82) is 0 Å². The molecule has 2 N–H and O–H groups in total. The number of amides is 1. The quantitative estimate of drug-likeness (QED) is 0.773. The Labute approximate surface area is 116 Å². The van der Waals surface area contributed by atoms with Crippen molar-refractivity contribution in [3.8, 4) is 0 Å². The number of carbonyl (C=O) groups excluding carboxylic acids is 1. The van der Waals surface area contributed by atoms with Gasteiger partial charge in [0.15, 0.2) is 0 Å². The van der Waals surface area contributed by atoms with Gasteiger partial charge in [0.25, 0.3) is 0 Å². The van der Waals surface area contributed by atoms with Crippen LogP contribution in [-0.2, 0) is 9.53 Å². The lowest BCUT2D eigenvalue weighted by Crippen LogP contribution is -2.38. The number of carbonyl (C=O) groups is 1. The second-order valence-corrected chi connectivity index (χ2v) is 5.97. The van der Waals surface area contributed by atoms with Crippen LogP contribution in [0.15, 0.2) is 0 Å². The fourth-order valence-electron chi connectivity index (χ4n) is 3.18. The smallest absolute Gasteiger partial charge is 0.222 e. The van der Waals surface area contributed by atoms with Crippen molar-refractivity contribution in [2.75, 3.05) is 19.7 Å². The summed E-state index contributed by atoms with van der Waals surface area (Å²) >= 11 is 0. The molecule has 1 heterocycles. The van der Waals surface area contributed by atoms with Gasteiger partial charge >= 0.3 is 0 Å². The van der Waals surface area contributed by atoms with E-state index in [1.54, 1.807) is 0 Å². The van der Waals surface area contributed by atoms with Gasteiger partial charge in [0.2, 0.25) is 5.91 Å². The molecule has 0 aromatic rings. The van der Waals surface area contributed by atoms with Gasteiger partial charge in [0.05, 0.1) is 12.7 Å². The minimum absolute atomic E-state index is 0.147. The van der Waals surface area contributed by atoms with Gasteiger partial charge in [-0.3, -0.25) is 4.79 Å². The Kier molecular flexibility index (Phi) is 6.11. The highest BCUT2D eigenvalue weighted by atomic mass is 16.5. The van der Waals surface area contributed by atoms with Crippen molar-refractivity contribution in [2.24, 2.45) is 5.92 Å². The molecule has 1 saturated carbocycles. The first-order valence-corrected chi connectivity index (χ1v) is 7.87. The van der Waals surface area contributed by atoms with Crippen LogP contribution in [0.4, 0.5) is 0 Å². The normalized spacial score (nSPS) is 23.4. The Morgan fingerprint density at radius 3 is 2.63 bits per heavy atom. The van der Waals surface area contributed by atoms with Crippen molar-refractivity contribution < 1.29 is 9.53 Å². The predicted molar refractivity (Wildman–Crippen MR) is 76.0 cm³/mol. The second kappa shape index (κ2) is 7.85. The highest BCUT2D eigenvalue weighted by Gasteiger charge is 2.22. The lowest BCUT2D eigenvalue weighted by atomic mass is 10.00. The zero-order valence-corrected chi connectivity index (χ0v) is 12.1. The third-order valence-electron chi connectivity index (χ3n) is 4.46. The summed E-state index contributed by atoms with van der Waals surface area (Å²) in [5.41, 5.74) is 0. The first-order valence-electron chi connectivity index (χ1n) is 7.87. The van der Waals surface area contributed by atoms with Gasteiger partial charge in [-0.25, -0.2) is 0 Å². The lowest BCUT2D eigenvalue weighted by Gasteiger charge is -2.23. The number of piperidine rings is 1. The molecule has 2 aliphatic rings. The summed E-state index contributed by atoms with van der Waals surface area (Å²) in [6.45, 7) is 4.78. The lowest BCUT2D eigenvalue weighted by molar-refractivity contribution is -0.123. The number of nitrogens with one attached hydrogen (secondary N) is 2. The number of hydrogen-bond acceptors (Lipinski definition) is 3. The molecule has 1 amide bonds. The molecular weight excluding hydrogens is 240 g/mol. The second-order valence-electron chi connectivity index (χ2n) is 5.97. The number of ether oxygens (including phenoxy) is 1. The summed E-state index contributed by atoms with van der Waals surface area (Å²) in [5, 5.41) is 6.44. The van der Waals surface area contributed by atoms with Gasteiger partial charge in [0.1, 0.15) is 0 Å². The summed E-state index contributed by atoms with van der Waals surface area (Å²) in [4.78, 5) is 11.8. The molecule has 110 valence electrons. The summed E-state index contributed by atoms with van der Waals surface area (Å²) in [6, 6.07) is 0.328. The van der Waals surface area contributed by atoms with E-state index in [0.29, 0.717) is 31.1 Å². The van der Waals surface area contributed by atoms with E-state index in [4.69, 9.17) is 4.74 Å². The maximum absolute atomic E-state index is 11.8. The molecule has 4 heteroatoms. The fourth-order valence-corrected chi connectivity index (χ4v) is 3.18. The van der Waals surface area contributed by atoms with Crippen molar-refractivity contribution in [3.63, 3.8) is 0 Å². The molecule has 0 radical (unpaired) electrons. The van der Waals surface area contributed by atoms with E-state index in [1.165, 1.54) is 25.7 Å².